The molecule has 1 aliphatic heterocycles. The molecule has 3 rings (SSSR count). The molecule has 1 aromatic heterocycles. The summed E-state index contributed by atoms with van der Waals surface area (Å²) in [5.74, 6) is 1.27. The molecule has 0 aliphatic carbocycles. The van der Waals surface area contributed by atoms with Crippen LogP contribution in [0, 0.1) is 0 Å². The molecule has 1 aliphatic rings. The lowest BCUT2D eigenvalue weighted by atomic mass is 9.80. The molecule has 0 radical (unpaired) electrons. The summed E-state index contributed by atoms with van der Waals surface area (Å²) in [6.45, 7) is 4.47. The number of benzene rings is 1. The molecule has 0 spiro atoms. The number of rotatable bonds is 3. The van der Waals surface area contributed by atoms with Crippen LogP contribution in [0.5, 0.6) is 0 Å². The number of thiophene rings is 1. The first-order valence-electron chi connectivity index (χ1n) is 7.32. The van der Waals surface area contributed by atoms with Crippen LogP contribution in [0.25, 0.3) is 0 Å². The van der Waals surface area contributed by atoms with Crippen molar-refractivity contribution in [3.8, 4) is 0 Å². The molecule has 0 saturated carbocycles. The van der Waals surface area contributed by atoms with Crippen molar-refractivity contribution in [2.45, 2.75) is 31.6 Å². The lowest BCUT2D eigenvalue weighted by Crippen LogP contribution is -2.33. The molecular weight excluding hydrogens is 330 g/mol. The van der Waals surface area contributed by atoms with Crippen LogP contribution in [0.2, 0.25) is 0 Å². The molecule has 106 valence electrons. The Hall–Kier alpha value is -0.640. The first-order chi connectivity index (χ1) is 9.78. The van der Waals surface area contributed by atoms with Crippen LogP contribution in [0.3, 0.4) is 0 Å². The molecule has 0 bridgehead atoms. The largest absolute Gasteiger partial charge is 0.316 e. The van der Waals surface area contributed by atoms with E-state index in [4.69, 9.17) is 0 Å². The maximum absolute atomic E-state index is 3.56. The van der Waals surface area contributed by atoms with E-state index in [1.807, 2.05) is 11.3 Å². The van der Waals surface area contributed by atoms with Crippen LogP contribution in [0.4, 0.5) is 0 Å². The van der Waals surface area contributed by atoms with Gasteiger partial charge in [0.1, 0.15) is 0 Å². The van der Waals surface area contributed by atoms with Gasteiger partial charge in [-0.2, -0.15) is 0 Å². The molecule has 1 N–H and O–H groups in total. The van der Waals surface area contributed by atoms with Gasteiger partial charge in [0, 0.05) is 32.6 Å². The maximum Gasteiger partial charge on any atom is 0.0175 e. The van der Waals surface area contributed by atoms with Gasteiger partial charge >= 0.3 is 0 Å². The van der Waals surface area contributed by atoms with Crippen molar-refractivity contribution >= 4 is 27.3 Å². The second-order valence-corrected chi connectivity index (χ2v) is 7.53. The quantitative estimate of drug-likeness (QED) is 0.827. The Morgan fingerprint density at radius 2 is 1.95 bits per heavy atom. The molecule has 1 nitrogen and oxygen atoms in total. The van der Waals surface area contributed by atoms with E-state index >= 15 is 0 Å². The molecule has 20 heavy (non-hydrogen) atoms. The summed E-state index contributed by atoms with van der Waals surface area (Å²) in [5.41, 5.74) is 1.46. The van der Waals surface area contributed by atoms with E-state index in [0.29, 0.717) is 11.8 Å². The molecule has 2 aromatic rings. The number of aryl methyl sites for hydroxylation is 1. The standard InChI is InChI=1S/C17H20BrNS/c1-2-14-7-8-17(20-14)15-9-10-19-11-16(15)12-3-5-13(18)6-4-12/h3-8,15-16,19H,2,9-11H2,1H3. The number of piperidine rings is 1. The average molecular weight is 350 g/mol. The first kappa shape index (κ1) is 14.3. The molecule has 2 atom stereocenters. The van der Waals surface area contributed by atoms with Crippen molar-refractivity contribution in [2.24, 2.45) is 0 Å². The molecule has 1 aromatic carbocycles. The molecule has 1 saturated heterocycles. The summed E-state index contributed by atoms with van der Waals surface area (Å²) in [7, 11) is 0. The van der Waals surface area contributed by atoms with Crippen LogP contribution in [-0.2, 0) is 6.42 Å². The summed E-state index contributed by atoms with van der Waals surface area (Å²) in [4.78, 5) is 3.07. The number of hydrogen-bond acceptors (Lipinski definition) is 2. The predicted octanol–water partition coefficient (Wildman–Crippen LogP) is 4.93. The van der Waals surface area contributed by atoms with Gasteiger partial charge in [-0.05, 0) is 49.2 Å². The number of nitrogens with one attached hydrogen (secondary N) is 1. The lowest BCUT2D eigenvalue weighted by molar-refractivity contribution is 0.408. The Bertz CT molecular complexity index is 561. The first-order valence-corrected chi connectivity index (χ1v) is 8.93. The third kappa shape index (κ3) is 3.00. The van der Waals surface area contributed by atoms with Crippen LogP contribution in [-0.4, -0.2) is 13.1 Å². The van der Waals surface area contributed by atoms with Crippen LogP contribution < -0.4 is 5.32 Å². The fraction of sp³-hybridized carbons (Fsp3) is 0.412. The fourth-order valence-corrected chi connectivity index (χ4v) is 4.46. The smallest absolute Gasteiger partial charge is 0.0175 e. The summed E-state index contributed by atoms with van der Waals surface area (Å²) in [5, 5.41) is 3.56. The zero-order chi connectivity index (χ0) is 13.9. The minimum absolute atomic E-state index is 0.597. The zero-order valence-electron chi connectivity index (χ0n) is 11.7. The Labute approximate surface area is 133 Å². The molecule has 2 unspecified atom stereocenters. The number of hydrogen-bond donors (Lipinski definition) is 1. The number of halogens is 1. The molecule has 2 heterocycles. The molecule has 3 heteroatoms. The minimum atomic E-state index is 0.597. The van der Waals surface area contributed by atoms with Crippen molar-refractivity contribution in [1.82, 2.24) is 5.32 Å². The summed E-state index contributed by atoms with van der Waals surface area (Å²) >= 11 is 5.53. The van der Waals surface area contributed by atoms with Crippen molar-refractivity contribution in [1.29, 1.82) is 0 Å². The van der Waals surface area contributed by atoms with Gasteiger partial charge in [-0.25, -0.2) is 0 Å². The normalized spacial score (nSPS) is 22.9. The Kier molecular flexibility index (Phi) is 4.59. The average Bonchev–Trinajstić information content (AvgIpc) is 2.97. The third-order valence-corrected chi connectivity index (χ3v) is 6.07. The van der Waals surface area contributed by atoms with Crippen molar-refractivity contribution < 1.29 is 0 Å². The van der Waals surface area contributed by atoms with Crippen LogP contribution in [0.15, 0.2) is 40.9 Å². The Morgan fingerprint density at radius 1 is 1.15 bits per heavy atom. The van der Waals surface area contributed by atoms with Crippen LogP contribution >= 0.6 is 27.3 Å². The second kappa shape index (κ2) is 6.42. The predicted molar refractivity (Wildman–Crippen MR) is 90.8 cm³/mol. The highest BCUT2D eigenvalue weighted by Gasteiger charge is 2.28. The van der Waals surface area contributed by atoms with E-state index in [0.717, 1.165) is 24.0 Å². The van der Waals surface area contributed by atoms with Gasteiger partial charge in [0.05, 0.1) is 0 Å². The molecular formula is C17H20BrNS. The molecule has 1 fully saturated rings. The van der Waals surface area contributed by atoms with Gasteiger partial charge < -0.3 is 5.32 Å². The third-order valence-electron chi connectivity index (χ3n) is 4.18. The van der Waals surface area contributed by atoms with E-state index < -0.39 is 0 Å². The summed E-state index contributed by atoms with van der Waals surface area (Å²) in [6, 6.07) is 13.5. The van der Waals surface area contributed by atoms with Gasteiger partial charge in [0.25, 0.3) is 0 Å². The van der Waals surface area contributed by atoms with Gasteiger partial charge in [-0.3, -0.25) is 0 Å². The SMILES string of the molecule is CCc1ccc(C2CCNCC2c2ccc(Br)cc2)s1. The Balaban J connectivity index is 1.88. The van der Waals surface area contributed by atoms with Crippen LogP contribution in [0.1, 0.15) is 40.5 Å². The van der Waals surface area contributed by atoms with E-state index in [2.05, 4.69) is 64.6 Å². The highest BCUT2D eigenvalue weighted by atomic mass is 79.9. The maximum atomic E-state index is 3.56. The van der Waals surface area contributed by atoms with Crippen molar-refractivity contribution in [3.63, 3.8) is 0 Å². The van der Waals surface area contributed by atoms with Gasteiger partial charge in [0.15, 0.2) is 0 Å². The van der Waals surface area contributed by atoms with Gasteiger partial charge in [0.2, 0.25) is 0 Å². The summed E-state index contributed by atoms with van der Waals surface area (Å²) < 4.78 is 1.16. The topological polar surface area (TPSA) is 12.0 Å². The fourth-order valence-electron chi connectivity index (χ4n) is 3.04. The van der Waals surface area contributed by atoms with E-state index in [-0.39, 0.29) is 0 Å². The highest BCUT2D eigenvalue weighted by Crippen LogP contribution is 2.40. The van der Waals surface area contributed by atoms with Crippen molar-refractivity contribution in [2.75, 3.05) is 13.1 Å². The van der Waals surface area contributed by atoms with Crippen molar-refractivity contribution in [3.05, 3.63) is 56.2 Å². The second-order valence-electron chi connectivity index (χ2n) is 5.41. The van der Waals surface area contributed by atoms with Gasteiger partial charge in [-0.1, -0.05) is 35.0 Å². The van der Waals surface area contributed by atoms with Gasteiger partial charge in [-0.15, -0.1) is 11.3 Å². The summed E-state index contributed by atoms with van der Waals surface area (Å²) in [6.07, 6.45) is 2.39. The minimum Gasteiger partial charge on any atom is -0.316 e. The molecule has 0 amide bonds. The monoisotopic (exact) mass is 349 g/mol. The van der Waals surface area contributed by atoms with E-state index in [1.165, 1.54) is 16.9 Å². The lowest BCUT2D eigenvalue weighted by Gasteiger charge is -2.32. The van der Waals surface area contributed by atoms with E-state index in [1.54, 1.807) is 4.88 Å². The zero-order valence-corrected chi connectivity index (χ0v) is 14.1. The Morgan fingerprint density at radius 3 is 2.65 bits per heavy atom. The highest BCUT2D eigenvalue weighted by molar-refractivity contribution is 9.10. The van der Waals surface area contributed by atoms with E-state index in [9.17, 15) is 0 Å².